The van der Waals surface area contributed by atoms with E-state index in [2.05, 4.69) is 20.5 Å². The van der Waals surface area contributed by atoms with E-state index in [0.29, 0.717) is 11.4 Å². The van der Waals surface area contributed by atoms with Crippen molar-refractivity contribution in [2.24, 2.45) is 5.10 Å². The number of aromatic nitrogens is 2. The van der Waals surface area contributed by atoms with Crippen LogP contribution in [0.4, 0.5) is 5.95 Å². The third-order valence-corrected chi connectivity index (χ3v) is 4.03. The van der Waals surface area contributed by atoms with Crippen LogP contribution in [-0.4, -0.2) is 30.4 Å². The quantitative estimate of drug-likeness (QED) is 0.653. The summed E-state index contributed by atoms with van der Waals surface area (Å²) in [6, 6.07) is 7.77. The highest BCUT2D eigenvalue weighted by Crippen LogP contribution is 2.11. The van der Waals surface area contributed by atoms with Crippen LogP contribution in [0.15, 0.2) is 45.1 Å². The van der Waals surface area contributed by atoms with Crippen LogP contribution in [0.2, 0.25) is 0 Å². The van der Waals surface area contributed by atoms with Gasteiger partial charge < -0.3 is 0 Å². The van der Waals surface area contributed by atoms with Crippen LogP contribution in [0.25, 0.3) is 0 Å². The summed E-state index contributed by atoms with van der Waals surface area (Å²) < 4.78 is 22.8. The zero-order valence-electron chi connectivity index (χ0n) is 12.4. The summed E-state index contributed by atoms with van der Waals surface area (Å²) in [6.45, 7) is 3.47. The molecule has 0 radical (unpaired) electrons. The van der Waals surface area contributed by atoms with E-state index < -0.39 is 9.84 Å². The summed E-state index contributed by atoms with van der Waals surface area (Å²) in [5.74, 6) is 0.247. The fourth-order valence-electron chi connectivity index (χ4n) is 1.78. The molecule has 1 aromatic carbocycles. The second-order valence-electron chi connectivity index (χ2n) is 4.84. The molecule has 2 aromatic rings. The number of hydrazone groups is 1. The lowest BCUT2D eigenvalue weighted by molar-refractivity contribution is 0.602. The molecule has 0 amide bonds. The van der Waals surface area contributed by atoms with Gasteiger partial charge in [-0.1, -0.05) is 12.1 Å². The number of benzene rings is 1. The Morgan fingerprint density at radius 2 is 1.91 bits per heavy atom. The van der Waals surface area contributed by atoms with E-state index in [0.717, 1.165) is 11.8 Å². The molecule has 2 rings (SSSR count). The van der Waals surface area contributed by atoms with E-state index in [1.54, 1.807) is 26.0 Å². The number of hydrogen-bond acceptors (Lipinski definition) is 6. The molecule has 0 spiro atoms. The van der Waals surface area contributed by atoms with E-state index >= 15 is 0 Å². The number of H-pyrrole nitrogens is 1. The molecule has 1 aromatic heterocycles. The lowest BCUT2D eigenvalue weighted by Crippen LogP contribution is -2.11. The molecule has 0 aliphatic rings. The molecule has 22 heavy (non-hydrogen) atoms. The van der Waals surface area contributed by atoms with Crippen LogP contribution in [0.1, 0.15) is 18.2 Å². The Labute approximate surface area is 128 Å². The first-order chi connectivity index (χ1) is 10.3. The molecular weight excluding hydrogens is 304 g/mol. The largest absolute Gasteiger partial charge is 0.291 e. The molecule has 8 heteroatoms. The molecule has 0 unspecified atom stereocenters. The Hall–Kier alpha value is -2.48. The normalized spacial score (nSPS) is 12.2. The van der Waals surface area contributed by atoms with E-state index in [4.69, 9.17) is 0 Å². The molecule has 0 saturated carbocycles. The smallest absolute Gasteiger partial charge is 0.252 e. The molecule has 116 valence electrons. The van der Waals surface area contributed by atoms with Crippen LogP contribution in [-0.2, 0) is 9.84 Å². The lowest BCUT2D eigenvalue weighted by atomic mass is 10.1. The molecule has 2 N–H and O–H groups in total. The predicted octanol–water partition coefficient (Wildman–Crippen LogP) is 1.32. The van der Waals surface area contributed by atoms with E-state index in [1.165, 1.54) is 18.2 Å². The SMILES string of the molecule is C/C(=N/Nc1nc(C)cc(=O)[nH]1)c1ccc(S(C)(=O)=O)cc1. The number of hydrogen-bond donors (Lipinski definition) is 2. The zero-order chi connectivity index (χ0) is 16.3. The molecule has 7 nitrogen and oxygen atoms in total. The highest BCUT2D eigenvalue weighted by Gasteiger charge is 2.07. The predicted molar refractivity (Wildman–Crippen MR) is 85.0 cm³/mol. The standard InChI is InChI=1S/C14H16N4O3S/c1-9-8-13(19)16-14(15-9)18-17-10(2)11-4-6-12(7-5-11)22(3,20)21/h4-8H,1-3H3,(H2,15,16,18,19)/b17-10-. The zero-order valence-corrected chi connectivity index (χ0v) is 13.2. The van der Waals surface area contributed by atoms with Crippen LogP contribution >= 0.6 is 0 Å². The van der Waals surface area contributed by atoms with Gasteiger partial charge in [0.2, 0.25) is 5.95 Å². The first kappa shape index (κ1) is 15.9. The summed E-state index contributed by atoms with van der Waals surface area (Å²) in [5, 5.41) is 4.12. The van der Waals surface area contributed by atoms with Gasteiger partial charge in [-0.25, -0.2) is 18.8 Å². The van der Waals surface area contributed by atoms with Crippen LogP contribution < -0.4 is 11.0 Å². The monoisotopic (exact) mass is 320 g/mol. The highest BCUT2D eigenvalue weighted by molar-refractivity contribution is 7.90. The van der Waals surface area contributed by atoms with Crippen molar-refractivity contribution in [2.75, 3.05) is 11.7 Å². The minimum Gasteiger partial charge on any atom is -0.291 e. The number of aryl methyl sites for hydroxylation is 1. The lowest BCUT2D eigenvalue weighted by Gasteiger charge is -2.04. The third-order valence-electron chi connectivity index (χ3n) is 2.90. The molecule has 1 heterocycles. The van der Waals surface area contributed by atoms with Gasteiger partial charge in [-0.2, -0.15) is 5.10 Å². The second-order valence-corrected chi connectivity index (χ2v) is 6.86. The maximum Gasteiger partial charge on any atom is 0.252 e. The molecule has 0 saturated heterocycles. The van der Waals surface area contributed by atoms with Crippen molar-refractivity contribution in [3.8, 4) is 0 Å². The number of anilines is 1. The molecular formula is C14H16N4O3S. The minimum absolute atomic E-state index is 0.247. The second kappa shape index (κ2) is 6.10. The van der Waals surface area contributed by atoms with Crippen molar-refractivity contribution in [1.82, 2.24) is 9.97 Å². The van der Waals surface area contributed by atoms with Crippen molar-refractivity contribution in [1.29, 1.82) is 0 Å². The number of nitrogens with zero attached hydrogens (tertiary/aromatic N) is 2. The van der Waals surface area contributed by atoms with Crippen molar-refractivity contribution in [2.45, 2.75) is 18.7 Å². The van der Waals surface area contributed by atoms with Gasteiger partial charge in [0.15, 0.2) is 9.84 Å². The third kappa shape index (κ3) is 4.01. The fourth-order valence-corrected chi connectivity index (χ4v) is 2.41. The summed E-state index contributed by atoms with van der Waals surface area (Å²) in [4.78, 5) is 18.2. The first-order valence-corrected chi connectivity index (χ1v) is 8.33. The van der Waals surface area contributed by atoms with Crippen molar-refractivity contribution < 1.29 is 8.42 Å². The summed E-state index contributed by atoms with van der Waals surface area (Å²) >= 11 is 0. The molecule has 0 aliphatic carbocycles. The Morgan fingerprint density at radius 1 is 1.27 bits per heavy atom. The molecule has 0 fully saturated rings. The van der Waals surface area contributed by atoms with Gasteiger partial charge in [-0.05, 0) is 31.5 Å². The van der Waals surface area contributed by atoms with E-state index in [1.807, 2.05) is 0 Å². The number of nitrogens with one attached hydrogen (secondary N) is 2. The maximum atomic E-state index is 11.4. The van der Waals surface area contributed by atoms with Gasteiger partial charge in [0.05, 0.1) is 10.6 Å². The van der Waals surface area contributed by atoms with Crippen LogP contribution in [0.3, 0.4) is 0 Å². The average molecular weight is 320 g/mol. The van der Waals surface area contributed by atoms with Gasteiger partial charge in [0.25, 0.3) is 5.56 Å². The van der Waals surface area contributed by atoms with Gasteiger partial charge in [0.1, 0.15) is 0 Å². The van der Waals surface area contributed by atoms with Gasteiger partial charge >= 0.3 is 0 Å². The van der Waals surface area contributed by atoms with E-state index in [9.17, 15) is 13.2 Å². The molecule has 0 atom stereocenters. The van der Waals surface area contributed by atoms with Crippen molar-refractivity contribution in [3.05, 3.63) is 51.9 Å². The van der Waals surface area contributed by atoms with Gasteiger partial charge in [0, 0.05) is 18.0 Å². The summed E-state index contributed by atoms with van der Waals surface area (Å²) in [7, 11) is -3.22. The number of sulfone groups is 1. The topological polar surface area (TPSA) is 104 Å². The Bertz CT molecular complexity index is 868. The van der Waals surface area contributed by atoms with E-state index in [-0.39, 0.29) is 16.4 Å². The number of rotatable bonds is 4. The van der Waals surface area contributed by atoms with Crippen molar-refractivity contribution >= 4 is 21.5 Å². The van der Waals surface area contributed by atoms with Gasteiger partial charge in [-0.3, -0.25) is 9.78 Å². The maximum absolute atomic E-state index is 11.4. The Morgan fingerprint density at radius 3 is 2.45 bits per heavy atom. The summed E-state index contributed by atoms with van der Waals surface area (Å²) in [5.41, 5.74) is 4.38. The molecule has 0 bridgehead atoms. The Balaban J connectivity index is 2.20. The van der Waals surface area contributed by atoms with Crippen LogP contribution in [0.5, 0.6) is 0 Å². The van der Waals surface area contributed by atoms with Gasteiger partial charge in [-0.15, -0.1) is 0 Å². The first-order valence-electron chi connectivity index (χ1n) is 6.44. The Kier molecular flexibility index (Phi) is 4.41. The average Bonchev–Trinajstić information content (AvgIpc) is 2.43. The highest BCUT2D eigenvalue weighted by atomic mass is 32.2. The molecule has 0 aliphatic heterocycles. The van der Waals surface area contributed by atoms with Crippen molar-refractivity contribution in [3.63, 3.8) is 0 Å². The van der Waals surface area contributed by atoms with Crippen LogP contribution in [0, 0.1) is 6.92 Å². The fraction of sp³-hybridized carbons (Fsp3) is 0.214. The summed E-state index contributed by atoms with van der Waals surface area (Å²) in [6.07, 6.45) is 1.16. The minimum atomic E-state index is -3.22. The number of aromatic amines is 1.